The maximum absolute atomic E-state index is 5.81. The molecule has 0 unspecified atom stereocenters. The van der Waals surface area contributed by atoms with E-state index in [1.165, 1.54) is 24.9 Å². The summed E-state index contributed by atoms with van der Waals surface area (Å²) in [5.74, 6) is 2.62. The molecule has 1 N–H and O–H groups in total. The van der Waals surface area contributed by atoms with Crippen LogP contribution in [0.15, 0.2) is 24.3 Å². The molecule has 0 aromatic heterocycles. The highest BCUT2D eigenvalue weighted by molar-refractivity contribution is 5.27. The first-order valence-corrected chi connectivity index (χ1v) is 8.24. The lowest BCUT2D eigenvalue weighted by molar-refractivity contribution is 0.232. The number of likely N-dealkylation sites (N-methyl/N-ethyl adjacent to an activating group) is 1. The van der Waals surface area contributed by atoms with Crippen molar-refractivity contribution in [3.05, 3.63) is 29.8 Å². The third-order valence-corrected chi connectivity index (χ3v) is 3.81. The fourth-order valence-electron chi connectivity index (χ4n) is 2.36. The Hall–Kier alpha value is -1.06. The molecule has 0 atom stereocenters. The molecular formula is C18H30N2O. The van der Waals surface area contributed by atoms with Crippen LogP contribution in [0, 0.1) is 11.8 Å². The van der Waals surface area contributed by atoms with E-state index in [9.17, 15) is 0 Å². The summed E-state index contributed by atoms with van der Waals surface area (Å²) >= 11 is 0. The Morgan fingerprint density at radius 3 is 2.57 bits per heavy atom. The summed E-state index contributed by atoms with van der Waals surface area (Å²) in [5, 5.41) is 3.46. The van der Waals surface area contributed by atoms with Crippen molar-refractivity contribution >= 4 is 0 Å². The Labute approximate surface area is 129 Å². The van der Waals surface area contributed by atoms with Crippen molar-refractivity contribution in [2.24, 2.45) is 11.8 Å². The van der Waals surface area contributed by atoms with Gasteiger partial charge in [0.15, 0.2) is 0 Å². The molecule has 1 aromatic rings. The first-order valence-electron chi connectivity index (χ1n) is 8.24. The molecular weight excluding hydrogens is 260 g/mol. The Morgan fingerprint density at radius 1 is 1.24 bits per heavy atom. The number of hydrogen-bond donors (Lipinski definition) is 1. The minimum absolute atomic E-state index is 0.695. The zero-order valence-electron chi connectivity index (χ0n) is 13.8. The molecule has 118 valence electrons. The molecule has 1 aromatic carbocycles. The second-order valence-corrected chi connectivity index (χ2v) is 6.72. The van der Waals surface area contributed by atoms with Gasteiger partial charge < -0.3 is 15.0 Å². The molecule has 0 radical (unpaired) electrons. The lowest BCUT2D eigenvalue weighted by atomic mass is 10.2. The van der Waals surface area contributed by atoms with Gasteiger partial charge in [-0.15, -0.1) is 0 Å². The van der Waals surface area contributed by atoms with Gasteiger partial charge in [-0.05, 0) is 56.0 Å². The van der Waals surface area contributed by atoms with Gasteiger partial charge in [-0.3, -0.25) is 0 Å². The second kappa shape index (κ2) is 8.40. The van der Waals surface area contributed by atoms with Gasteiger partial charge in [-0.25, -0.2) is 0 Å². The quantitative estimate of drug-likeness (QED) is 0.716. The number of nitrogens with zero attached hydrogens (tertiary/aromatic N) is 1. The lowest BCUT2D eigenvalue weighted by Crippen LogP contribution is -2.26. The fraction of sp³-hybridized carbons (Fsp3) is 0.667. The largest absolute Gasteiger partial charge is 0.492 e. The third-order valence-electron chi connectivity index (χ3n) is 3.81. The van der Waals surface area contributed by atoms with Crippen LogP contribution in [0.4, 0.5) is 0 Å². The molecule has 0 spiro atoms. The number of ether oxygens (including phenoxy) is 1. The van der Waals surface area contributed by atoms with E-state index >= 15 is 0 Å². The molecule has 1 aliphatic carbocycles. The Bertz CT molecular complexity index is 398. The van der Waals surface area contributed by atoms with Crippen LogP contribution in [0.25, 0.3) is 0 Å². The SMILES string of the molecule is CC(C)CNCc1ccc(OCCN(C)CC2CC2)cc1. The van der Waals surface area contributed by atoms with Gasteiger partial charge in [-0.1, -0.05) is 26.0 Å². The van der Waals surface area contributed by atoms with E-state index in [4.69, 9.17) is 4.74 Å². The molecule has 1 saturated carbocycles. The zero-order valence-corrected chi connectivity index (χ0v) is 13.8. The molecule has 0 saturated heterocycles. The summed E-state index contributed by atoms with van der Waals surface area (Å²) in [6, 6.07) is 8.45. The maximum atomic E-state index is 5.81. The van der Waals surface area contributed by atoms with Crippen LogP contribution in [-0.2, 0) is 6.54 Å². The van der Waals surface area contributed by atoms with E-state index in [1.54, 1.807) is 0 Å². The van der Waals surface area contributed by atoms with Gasteiger partial charge in [0.1, 0.15) is 12.4 Å². The highest BCUT2D eigenvalue weighted by Gasteiger charge is 2.22. The molecule has 0 bridgehead atoms. The van der Waals surface area contributed by atoms with Crippen molar-refractivity contribution in [1.29, 1.82) is 0 Å². The van der Waals surface area contributed by atoms with Gasteiger partial charge in [0, 0.05) is 19.6 Å². The molecule has 1 aliphatic rings. The van der Waals surface area contributed by atoms with Crippen LogP contribution in [0.1, 0.15) is 32.3 Å². The van der Waals surface area contributed by atoms with Crippen molar-refractivity contribution in [3.63, 3.8) is 0 Å². The Kier molecular flexibility index (Phi) is 6.52. The topological polar surface area (TPSA) is 24.5 Å². The van der Waals surface area contributed by atoms with Gasteiger partial charge in [0.2, 0.25) is 0 Å². The minimum Gasteiger partial charge on any atom is -0.492 e. The summed E-state index contributed by atoms with van der Waals surface area (Å²) in [6.07, 6.45) is 2.83. The third kappa shape index (κ3) is 6.96. The predicted molar refractivity (Wildman–Crippen MR) is 88.7 cm³/mol. The number of hydrogen-bond acceptors (Lipinski definition) is 3. The summed E-state index contributed by atoms with van der Waals surface area (Å²) in [7, 11) is 2.19. The van der Waals surface area contributed by atoms with Crippen LogP contribution < -0.4 is 10.1 Å². The lowest BCUT2D eigenvalue weighted by Gasteiger charge is -2.16. The van der Waals surface area contributed by atoms with E-state index in [-0.39, 0.29) is 0 Å². The molecule has 0 amide bonds. The van der Waals surface area contributed by atoms with Crippen LogP contribution in [0.2, 0.25) is 0 Å². The summed E-state index contributed by atoms with van der Waals surface area (Å²) in [4.78, 5) is 2.38. The van der Waals surface area contributed by atoms with E-state index < -0.39 is 0 Å². The van der Waals surface area contributed by atoms with Crippen molar-refractivity contribution in [2.45, 2.75) is 33.2 Å². The smallest absolute Gasteiger partial charge is 0.119 e. The van der Waals surface area contributed by atoms with Gasteiger partial charge in [-0.2, -0.15) is 0 Å². The Balaban J connectivity index is 1.62. The molecule has 3 nitrogen and oxygen atoms in total. The molecule has 2 rings (SSSR count). The standard InChI is InChI=1S/C18H30N2O/c1-15(2)12-19-13-16-6-8-18(9-7-16)21-11-10-20(3)14-17-4-5-17/h6-9,15,17,19H,4-5,10-14H2,1-3H3. The molecule has 0 aliphatic heterocycles. The van der Waals surface area contributed by atoms with Crippen LogP contribution in [0.3, 0.4) is 0 Å². The normalized spacial score (nSPS) is 14.9. The Morgan fingerprint density at radius 2 is 1.95 bits per heavy atom. The van der Waals surface area contributed by atoms with E-state index in [0.717, 1.165) is 37.9 Å². The van der Waals surface area contributed by atoms with Crippen LogP contribution in [-0.4, -0.2) is 38.2 Å². The van der Waals surface area contributed by atoms with Crippen LogP contribution in [0.5, 0.6) is 5.75 Å². The highest BCUT2D eigenvalue weighted by Crippen LogP contribution is 2.29. The number of nitrogens with one attached hydrogen (secondary N) is 1. The first kappa shape index (κ1) is 16.3. The van der Waals surface area contributed by atoms with Crippen LogP contribution >= 0.6 is 0 Å². The van der Waals surface area contributed by atoms with Crippen molar-refractivity contribution in [1.82, 2.24) is 10.2 Å². The number of benzene rings is 1. The van der Waals surface area contributed by atoms with E-state index in [2.05, 4.69) is 55.4 Å². The van der Waals surface area contributed by atoms with Gasteiger partial charge in [0.05, 0.1) is 0 Å². The average Bonchev–Trinajstić information content (AvgIpc) is 3.24. The van der Waals surface area contributed by atoms with Crippen molar-refractivity contribution in [2.75, 3.05) is 33.3 Å². The van der Waals surface area contributed by atoms with Crippen molar-refractivity contribution < 1.29 is 4.74 Å². The zero-order chi connectivity index (χ0) is 15.1. The fourth-order valence-corrected chi connectivity index (χ4v) is 2.36. The molecule has 1 fully saturated rings. The minimum atomic E-state index is 0.695. The molecule has 3 heteroatoms. The monoisotopic (exact) mass is 290 g/mol. The van der Waals surface area contributed by atoms with Gasteiger partial charge in [0.25, 0.3) is 0 Å². The second-order valence-electron chi connectivity index (χ2n) is 6.72. The van der Waals surface area contributed by atoms with Crippen molar-refractivity contribution in [3.8, 4) is 5.75 Å². The maximum Gasteiger partial charge on any atom is 0.119 e. The van der Waals surface area contributed by atoms with E-state index in [0.29, 0.717) is 5.92 Å². The molecule has 21 heavy (non-hydrogen) atoms. The predicted octanol–water partition coefficient (Wildman–Crippen LogP) is 3.15. The summed E-state index contributed by atoms with van der Waals surface area (Å²) < 4.78 is 5.81. The summed E-state index contributed by atoms with van der Waals surface area (Å²) in [5.41, 5.74) is 1.31. The number of rotatable bonds is 10. The average molecular weight is 290 g/mol. The first-order chi connectivity index (χ1) is 10.1. The summed E-state index contributed by atoms with van der Waals surface area (Å²) in [6.45, 7) is 9.45. The highest BCUT2D eigenvalue weighted by atomic mass is 16.5. The molecule has 0 heterocycles. The van der Waals surface area contributed by atoms with Gasteiger partial charge >= 0.3 is 0 Å². The van der Waals surface area contributed by atoms with E-state index in [1.807, 2.05) is 0 Å².